The van der Waals surface area contributed by atoms with Gasteiger partial charge in [-0.3, -0.25) is 10.2 Å². The maximum atomic E-state index is 11.5. The van der Waals surface area contributed by atoms with E-state index in [-0.39, 0.29) is 5.91 Å². The highest BCUT2D eigenvalue weighted by atomic mass is 16.5. The van der Waals surface area contributed by atoms with Gasteiger partial charge in [-0.15, -0.1) is 0 Å². The van der Waals surface area contributed by atoms with Gasteiger partial charge in [-0.1, -0.05) is 13.8 Å². The standard InChI is InChI=1S/C15H24N2O3/c1-10-13(14(18)17-16)8-12(20-10)9-19-11-4-6-15(2,3)7-5-11/h8,11H,4-7,9,16H2,1-3H3,(H,17,18). The van der Waals surface area contributed by atoms with E-state index in [0.717, 1.165) is 12.8 Å². The predicted octanol–water partition coefficient (Wildman–Crippen LogP) is 2.68. The fraction of sp³-hybridized carbons (Fsp3) is 0.667. The van der Waals surface area contributed by atoms with Gasteiger partial charge < -0.3 is 9.15 Å². The van der Waals surface area contributed by atoms with E-state index >= 15 is 0 Å². The Balaban J connectivity index is 1.87. The van der Waals surface area contributed by atoms with Gasteiger partial charge >= 0.3 is 0 Å². The number of nitrogens with two attached hydrogens (primary N) is 1. The van der Waals surface area contributed by atoms with Gasteiger partial charge in [-0.25, -0.2) is 5.84 Å². The number of amides is 1. The summed E-state index contributed by atoms with van der Waals surface area (Å²) in [6.45, 7) is 6.76. The number of hydrogen-bond acceptors (Lipinski definition) is 4. The Kier molecular flexibility index (Phi) is 4.50. The topological polar surface area (TPSA) is 77.5 Å². The molecule has 0 radical (unpaired) electrons. The Morgan fingerprint density at radius 3 is 2.75 bits per heavy atom. The summed E-state index contributed by atoms with van der Waals surface area (Å²) in [5.74, 6) is 6.03. The first-order valence-electron chi connectivity index (χ1n) is 7.13. The molecule has 0 aromatic carbocycles. The molecule has 1 aromatic rings. The zero-order valence-electron chi connectivity index (χ0n) is 12.5. The van der Waals surface area contributed by atoms with Gasteiger partial charge in [0.1, 0.15) is 18.1 Å². The van der Waals surface area contributed by atoms with Gasteiger partial charge in [0.25, 0.3) is 5.91 Å². The number of ether oxygens (including phenoxy) is 1. The molecule has 0 aliphatic heterocycles. The SMILES string of the molecule is Cc1oc(COC2CCC(C)(C)CC2)cc1C(=O)NN. The number of aryl methyl sites for hydroxylation is 1. The Morgan fingerprint density at radius 2 is 2.15 bits per heavy atom. The normalized spacial score (nSPS) is 19.0. The molecule has 1 aliphatic carbocycles. The second-order valence-corrected chi connectivity index (χ2v) is 6.33. The molecule has 2 rings (SSSR count). The maximum Gasteiger partial charge on any atom is 0.268 e. The van der Waals surface area contributed by atoms with Gasteiger partial charge in [0.15, 0.2) is 0 Å². The highest BCUT2D eigenvalue weighted by Crippen LogP contribution is 2.36. The Morgan fingerprint density at radius 1 is 1.50 bits per heavy atom. The molecule has 1 aromatic heterocycles. The van der Waals surface area contributed by atoms with Crippen molar-refractivity contribution >= 4 is 5.91 Å². The van der Waals surface area contributed by atoms with E-state index in [1.54, 1.807) is 13.0 Å². The Hall–Kier alpha value is -1.33. The van der Waals surface area contributed by atoms with Crippen LogP contribution in [0.3, 0.4) is 0 Å². The highest BCUT2D eigenvalue weighted by molar-refractivity contribution is 5.94. The lowest BCUT2D eigenvalue weighted by atomic mass is 9.76. The van der Waals surface area contributed by atoms with Gasteiger partial charge in [0, 0.05) is 0 Å². The minimum Gasteiger partial charge on any atom is -0.463 e. The van der Waals surface area contributed by atoms with E-state index < -0.39 is 0 Å². The van der Waals surface area contributed by atoms with Crippen molar-refractivity contribution in [3.05, 3.63) is 23.2 Å². The summed E-state index contributed by atoms with van der Waals surface area (Å²) < 4.78 is 11.4. The first-order valence-corrected chi connectivity index (χ1v) is 7.13. The van der Waals surface area contributed by atoms with Gasteiger partial charge in [0.05, 0.1) is 11.7 Å². The van der Waals surface area contributed by atoms with Crippen LogP contribution < -0.4 is 11.3 Å². The lowest BCUT2D eigenvalue weighted by molar-refractivity contribution is -0.0122. The number of nitrogens with one attached hydrogen (secondary N) is 1. The average Bonchev–Trinajstić information content (AvgIpc) is 2.78. The minimum absolute atomic E-state index is 0.292. The smallest absolute Gasteiger partial charge is 0.268 e. The number of hydrazine groups is 1. The monoisotopic (exact) mass is 280 g/mol. The summed E-state index contributed by atoms with van der Waals surface area (Å²) in [4.78, 5) is 11.5. The van der Waals surface area contributed by atoms with Crippen LogP contribution in [-0.4, -0.2) is 12.0 Å². The summed E-state index contributed by atoms with van der Waals surface area (Å²) in [6, 6.07) is 1.70. The van der Waals surface area contributed by atoms with E-state index in [1.807, 2.05) is 0 Å². The molecule has 1 aliphatic rings. The number of rotatable bonds is 4. The summed E-state index contributed by atoms with van der Waals surface area (Å²) in [5.41, 5.74) is 3.02. The van der Waals surface area contributed by atoms with Crippen LogP contribution in [0.25, 0.3) is 0 Å². The molecule has 1 saturated carbocycles. The molecule has 1 heterocycles. The third-order valence-corrected chi connectivity index (χ3v) is 4.09. The van der Waals surface area contributed by atoms with Gasteiger partial charge in [-0.2, -0.15) is 0 Å². The lowest BCUT2D eigenvalue weighted by Crippen LogP contribution is -2.30. The predicted molar refractivity (Wildman–Crippen MR) is 75.9 cm³/mol. The first-order chi connectivity index (χ1) is 9.41. The van der Waals surface area contributed by atoms with Gasteiger partial charge in [0.2, 0.25) is 0 Å². The summed E-state index contributed by atoms with van der Waals surface area (Å²) in [7, 11) is 0. The Labute approximate surface area is 119 Å². The number of carbonyl (C=O) groups excluding carboxylic acids is 1. The fourth-order valence-corrected chi connectivity index (χ4v) is 2.66. The molecular formula is C15H24N2O3. The largest absolute Gasteiger partial charge is 0.463 e. The molecule has 1 fully saturated rings. The van der Waals surface area contributed by atoms with Crippen LogP contribution in [0.4, 0.5) is 0 Å². The zero-order valence-corrected chi connectivity index (χ0v) is 12.5. The van der Waals surface area contributed by atoms with Crippen molar-refractivity contribution in [2.75, 3.05) is 0 Å². The van der Waals surface area contributed by atoms with Crippen LogP contribution in [0, 0.1) is 12.3 Å². The minimum atomic E-state index is -0.336. The Bertz CT molecular complexity index is 469. The van der Waals surface area contributed by atoms with Crippen LogP contribution in [0.2, 0.25) is 0 Å². The highest BCUT2D eigenvalue weighted by Gasteiger charge is 2.27. The van der Waals surface area contributed by atoms with E-state index in [0.29, 0.717) is 35.2 Å². The van der Waals surface area contributed by atoms with Crippen molar-refractivity contribution in [1.29, 1.82) is 0 Å². The number of furan rings is 1. The van der Waals surface area contributed by atoms with Crippen molar-refractivity contribution < 1.29 is 13.9 Å². The van der Waals surface area contributed by atoms with E-state index in [2.05, 4.69) is 19.3 Å². The van der Waals surface area contributed by atoms with Crippen LogP contribution in [-0.2, 0) is 11.3 Å². The first kappa shape index (κ1) is 15.1. The van der Waals surface area contributed by atoms with Crippen molar-refractivity contribution in [3.8, 4) is 0 Å². The number of carbonyl (C=O) groups is 1. The summed E-state index contributed by atoms with van der Waals surface area (Å²) in [5, 5.41) is 0. The summed E-state index contributed by atoms with van der Waals surface area (Å²) >= 11 is 0. The average molecular weight is 280 g/mol. The van der Waals surface area contributed by atoms with Crippen LogP contribution in [0.15, 0.2) is 10.5 Å². The molecular weight excluding hydrogens is 256 g/mol. The molecule has 0 atom stereocenters. The van der Waals surface area contributed by atoms with Crippen molar-refractivity contribution in [3.63, 3.8) is 0 Å². The van der Waals surface area contributed by atoms with Gasteiger partial charge in [-0.05, 0) is 44.1 Å². The second kappa shape index (κ2) is 5.97. The van der Waals surface area contributed by atoms with E-state index in [1.165, 1.54) is 12.8 Å². The van der Waals surface area contributed by atoms with E-state index in [4.69, 9.17) is 15.0 Å². The van der Waals surface area contributed by atoms with E-state index in [9.17, 15) is 4.79 Å². The third kappa shape index (κ3) is 3.61. The zero-order chi connectivity index (χ0) is 14.8. The van der Waals surface area contributed by atoms with Crippen LogP contribution in [0.1, 0.15) is 61.4 Å². The molecule has 5 nitrogen and oxygen atoms in total. The maximum absolute atomic E-state index is 11.5. The molecule has 0 spiro atoms. The van der Waals surface area contributed by atoms with Crippen molar-refractivity contribution in [2.45, 2.75) is 59.2 Å². The molecule has 0 unspecified atom stereocenters. The van der Waals surface area contributed by atoms with Crippen molar-refractivity contribution in [2.24, 2.45) is 11.3 Å². The third-order valence-electron chi connectivity index (χ3n) is 4.09. The fourth-order valence-electron chi connectivity index (χ4n) is 2.66. The quantitative estimate of drug-likeness (QED) is 0.505. The number of hydrogen-bond donors (Lipinski definition) is 2. The number of nitrogen functional groups attached to an aromatic ring is 1. The summed E-state index contributed by atoms with van der Waals surface area (Å²) in [6.07, 6.45) is 4.84. The second-order valence-electron chi connectivity index (χ2n) is 6.33. The molecule has 1 amide bonds. The molecule has 0 saturated heterocycles. The lowest BCUT2D eigenvalue weighted by Gasteiger charge is -2.33. The van der Waals surface area contributed by atoms with Crippen LogP contribution in [0.5, 0.6) is 0 Å². The van der Waals surface area contributed by atoms with Crippen molar-refractivity contribution in [1.82, 2.24) is 5.43 Å². The molecule has 20 heavy (non-hydrogen) atoms. The van der Waals surface area contributed by atoms with Crippen LogP contribution >= 0.6 is 0 Å². The molecule has 0 bridgehead atoms. The molecule has 112 valence electrons. The molecule has 3 N–H and O–H groups in total. The molecule has 5 heteroatoms.